The molecular weight excluding hydrogens is 116 g/mol. The van der Waals surface area contributed by atoms with Crippen molar-refractivity contribution >= 4 is 6.41 Å². The number of nitrogens with one attached hydrogen (secondary N) is 2. The first-order chi connectivity index (χ1) is 4.16. The van der Waals surface area contributed by atoms with Crippen LogP contribution in [0.1, 0.15) is 20.8 Å². The zero-order valence-corrected chi connectivity index (χ0v) is 6.06. The molecule has 1 atom stereocenters. The zero-order valence-electron chi connectivity index (χ0n) is 6.06. The predicted octanol–water partition coefficient (Wildman–Crippen LogP) is -0.0128. The van der Waals surface area contributed by atoms with E-state index in [1.54, 1.807) is 6.41 Å². The Morgan fingerprint density at radius 3 is 2.22 bits per heavy atom. The van der Waals surface area contributed by atoms with Crippen LogP contribution in [0.3, 0.4) is 0 Å². The largest absolute Gasteiger partial charge is 0.333 e. The number of hydrogen-bond donors (Lipinski definition) is 2. The van der Waals surface area contributed by atoms with Gasteiger partial charge >= 0.3 is 6.41 Å². The quantitative estimate of drug-likeness (QED) is 0.414. The van der Waals surface area contributed by atoms with Gasteiger partial charge in [0.1, 0.15) is 0 Å². The normalized spacial score (nSPS) is 13.3. The van der Waals surface area contributed by atoms with E-state index in [2.05, 4.69) is 10.6 Å². The number of amides is 1. The van der Waals surface area contributed by atoms with Gasteiger partial charge in [-0.05, 0) is 20.8 Å². The maximum absolute atomic E-state index is 9.72. The Labute approximate surface area is 55.8 Å². The van der Waals surface area contributed by atoms with Crippen molar-refractivity contribution in [2.45, 2.75) is 33.0 Å². The molecule has 0 bridgehead atoms. The molecule has 1 amide bonds. The van der Waals surface area contributed by atoms with E-state index < -0.39 is 0 Å². The van der Waals surface area contributed by atoms with Crippen LogP contribution in [0.25, 0.3) is 0 Å². The van der Waals surface area contributed by atoms with Gasteiger partial charge in [-0.1, -0.05) is 0 Å². The molecule has 0 heterocycles. The van der Waals surface area contributed by atoms with Crippen LogP contribution in [0.15, 0.2) is 0 Å². The van der Waals surface area contributed by atoms with Crippen LogP contribution in [0.4, 0.5) is 0 Å². The standard InChI is InChI=1S/C6H13N2O/c1-5(2)8-6(3)7-4-9/h5-6,8H,1-3H3,(H,7,9). The van der Waals surface area contributed by atoms with Crippen LogP contribution >= 0.6 is 0 Å². The molecule has 3 heteroatoms. The summed E-state index contributed by atoms with van der Waals surface area (Å²) < 4.78 is 0. The van der Waals surface area contributed by atoms with Gasteiger partial charge in [0.2, 0.25) is 0 Å². The lowest BCUT2D eigenvalue weighted by molar-refractivity contribution is 0.449. The highest BCUT2D eigenvalue weighted by molar-refractivity contribution is 5.47. The molecule has 53 valence electrons. The molecule has 0 rings (SSSR count). The van der Waals surface area contributed by atoms with E-state index in [0.717, 1.165) is 0 Å². The Morgan fingerprint density at radius 1 is 1.33 bits per heavy atom. The Balaban J connectivity index is 3.25. The fourth-order valence-corrected chi connectivity index (χ4v) is 0.630. The van der Waals surface area contributed by atoms with Crippen LogP contribution in [0.2, 0.25) is 0 Å². The Hall–Kier alpha value is -0.570. The van der Waals surface area contributed by atoms with Gasteiger partial charge < -0.3 is 5.32 Å². The second kappa shape index (κ2) is 4.32. The minimum Gasteiger partial charge on any atom is -0.333 e. The van der Waals surface area contributed by atoms with Gasteiger partial charge in [-0.2, -0.15) is 0 Å². The summed E-state index contributed by atoms with van der Waals surface area (Å²) in [6.45, 7) is 5.90. The minimum absolute atomic E-state index is 0.0162. The first-order valence-electron chi connectivity index (χ1n) is 3.05. The van der Waals surface area contributed by atoms with Crippen LogP contribution < -0.4 is 10.6 Å². The van der Waals surface area contributed by atoms with Crippen LogP contribution in [0.5, 0.6) is 0 Å². The summed E-state index contributed by atoms with van der Waals surface area (Å²) in [5.41, 5.74) is 0. The summed E-state index contributed by atoms with van der Waals surface area (Å²) in [7, 11) is 0. The molecule has 0 spiro atoms. The molecule has 1 unspecified atom stereocenters. The van der Waals surface area contributed by atoms with Gasteiger partial charge in [-0.3, -0.25) is 10.1 Å². The summed E-state index contributed by atoms with van der Waals surface area (Å²) in [6, 6.07) is 0.390. The molecule has 0 aliphatic carbocycles. The van der Waals surface area contributed by atoms with Crippen molar-refractivity contribution in [1.29, 1.82) is 0 Å². The molecule has 0 aromatic rings. The molecule has 0 saturated heterocycles. The monoisotopic (exact) mass is 129 g/mol. The number of hydrogen-bond acceptors (Lipinski definition) is 2. The molecule has 9 heavy (non-hydrogen) atoms. The Kier molecular flexibility index (Phi) is 4.05. The highest BCUT2D eigenvalue weighted by Crippen LogP contribution is 1.78. The minimum atomic E-state index is 0.0162. The lowest BCUT2D eigenvalue weighted by atomic mass is 10.4. The fourth-order valence-electron chi connectivity index (χ4n) is 0.630. The molecule has 1 radical (unpaired) electrons. The third kappa shape index (κ3) is 5.30. The first kappa shape index (κ1) is 8.43. The summed E-state index contributed by atoms with van der Waals surface area (Å²) in [6.07, 6.45) is 1.63. The van der Waals surface area contributed by atoms with Crippen molar-refractivity contribution in [3.63, 3.8) is 0 Å². The molecule has 0 saturated carbocycles. The molecule has 0 aromatic carbocycles. The maximum Gasteiger partial charge on any atom is 0.310 e. The van der Waals surface area contributed by atoms with E-state index in [0.29, 0.717) is 6.04 Å². The Morgan fingerprint density at radius 2 is 1.89 bits per heavy atom. The molecule has 0 aliphatic rings. The van der Waals surface area contributed by atoms with Crippen molar-refractivity contribution in [1.82, 2.24) is 10.6 Å². The fraction of sp³-hybridized carbons (Fsp3) is 0.833. The average Bonchev–Trinajstić information content (AvgIpc) is 1.63. The summed E-state index contributed by atoms with van der Waals surface area (Å²) >= 11 is 0. The van der Waals surface area contributed by atoms with Gasteiger partial charge in [0.25, 0.3) is 0 Å². The SMILES string of the molecule is CC(C)NC(C)N[C]=O. The van der Waals surface area contributed by atoms with Crippen molar-refractivity contribution in [3.8, 4) is 0 Å². The molecule has 2 N–H and O–H groups in total. The molecule has 3 nitrogen and oxygen atoms in total. The third-order valence-corrected chi connectivity index (χ3v) is 0.859. The summed E-state index contributed by atoms with van der Waals surface area (Å²) in [5, 5.41) is 5.53. The molecule has 0 fully saturated rings. The maximum atomic E-state index is 9.72. The second-order valence-corrected chi connectivity index (χ2v) is 2.29. The van der Waals surface area contributed by atoms with E-state index >= 15 is 0 Å². The van der Waals surface area contributed by atoms with Gasteiger partial charge in [0, 0.05) is 6.04 Å². The number of carbonyl (C=O) groups excluding carboxylic acids is 1. The smallest absolute Gasteiger partial charge is 0.310 e. The van der Waals surface area contributed by atoms with Crippen molar-refractivity contribution in [3.05, 3.63) is 0 Å². The first-order valence-corrected chi connectivity index (χ1v) is 3.05. The Bertz CT molecular complexity index is 83.1. The van der Waals surface area contributed by atoms with E-state index in [1.165, 1.54) is 0 Å². The van der Waals surface area contributed by atoms with E-state index in [4.69, 9.17) is 0 Å². The van der Waals surface area contributed by atoms with Crippen LogP contribution in [-0.2, 0) is 4.79 Å². The number of rotatable bonds is 4. The average molecular weight is 129 g/mol. The van der Waals surface area contributed by atoms with E-state index in [1.807, 2.05) is 20.8 Å². The van der Waals surface area contributed by atoms with Gasteiger partial charge in [0.15, 0.2) is 0 Å². The van der Waals surface area contributed by atoms with Crippen LogP contribution in [-0.4, -0.2) is 18.6 Å². The molecule has 0 aromatic heterocycles. The molecular formula is C6H13N2O. The highest BCUT2D eigenvalue weighted by Gasteiger charge is 1.98. The zero-order chi connectivity index (χ0) is 7.28. The van der Waals surface area contributed by atoms with Crippen LogP contribution in [0, 0.1) is 0 Å². The lowest BCUT2D eigenvalue weighted by Crippen LogP contribution is -2.42. The van der Waals surface area contributed by atoms with E-state index in [9.17, 15) is 4.79 Å². The van der Waals surface area contributed by atoms with E-state index in [-0.39, 0.29) is 6.17 Å². The molecule has 0 aliphatic heterocycles. The topological polar surface area (TPSA) is 41.1 Å². The highest BCUT2D eigenvalue weighted by atomic mass is 16.1. The second-order valence-electron chi connectivity index (χ2n) is 2.29. The third-order valence-electron chi connectivity index (χ3n) is 0.859. The van der Waals surface area contributed by atoms with Gasteiger partial charge in [-0.25, -0.2) is 0 Å². The lowest BCUT2D eigenvalue weighted by Gasteiger charge is -2.14. The van der Waals surface area contributed by atoms with Crippen molar-refractivity contribution < 1.29 is 4.79 Å². The predicted molar refractivity (Wildman–Crippen MR) is 36.6 cm³/mol. The van der Waals surface area contributed by atoms with Crippen molar-refractivity contribution in [2.24, 2.45) is 0 Å². The van der Waals surface area contributed by atoms with Crippen molar-refractivity contribution in [2.75, 3.05) is 0 Å². The van der Waals surface area contributed by atoms with Gasteiger partial charge in [-0.15, -0.1) is 0 Å². The summed E-state index contributed by atoms with van der Waals surface area (Å²) in [5.74, 6) is 0. The summed E-state index contributed by atoms with van der Waals surface area (Å²) in [4.78, 5) is 9.72. The van der Waals surface area contributed by atoms with Gasteiger partial charge in [0.05, 0.1) is 6.17 Å².